The van der Waals surface area contributed by atoms with Crippen molar-refractivity contribution in [1.29, 1.82) is 0 Å². The van der Waals surface area contributed by atoms with Crippen molar-refractivity contribution in [2.24, 2.45) is 5.92 Å². The van der Waals surface area contributed by atoms with Crippen LogP contribution in [0.1, 0.15) is 37.9 Å². The monoisotopic (exact) mass is 527 g/mol. The topological polar surface area (TPSA) is 110 Å². The molecule has 6 rings (SSSR count). The van der Waals surface area contributed by atoms with Gasteiger partial charge in [0.2, 0.25) is 5.91 Å². The Balaban J connectivity index is 1.26. The highest BCUT2D eigenvalue weighted by Gasteiger charge is 2.42. The number of anilines is 1. The second-order valence-corrected chi connectivity index (χ2v) is 11.4. The molecule has 1 aliphatic heterocycles. The molecule has 1 amide bonds. The number of benzene rings is 1. The van der Waals surface area contributed by atoms with Crippen molar-refractivity contribution in [2.75, 3.05) is 32.1 Å². The second-order valence-electron chi connectivity index (χ2n) is 10.4. The van der Waals surface area contributed by atoms with Gasteiger partial charge in [-0.3, -0.25) is 9.69 Å². The maximum atomic E-state index is 15.1. The lowest BCUT2D eigenvalue weighted by Crippen LogP contribution is -2.60. The molecule has 2 aromatic heterocycles. The van der Waals surface area contributed by atoms with Crippen LogP contribution in [0.5, 0.6) is 5.75 Å². The van der Waals surface area contributed by atoms with Crippen molar-refractivity contribution in [3.8, 4) is 16.9 Å². The van der Waals surface area contributed by atoms with Gasteiger partial charge < -0.3 is 19.9 Å². The number of ether oxygens (including phenoxy) is 2. The number of hydrogen-bond donors (Lipinski definition) is 2. The standard InChI is InChI=1S/C26H30FN5O4S/c1-32-12-26(27,13-32)14-36-22-17(7-8-18-23(22)37-25(30-18)31-24(34)15-5-6-15)16-9-28-21(29-10-16)11-35-20-4-2-3-19(20)33/h7-10,15,19-20,33H,2-6,11-14H2,1H3,(H,30,31,34)/t19-,20-/m0/s1. The van der Waals surface area contributed by atoms with Crippen LogP contribution in [-0.4, -0.2) is 75.5 Å². The number of hydrogen-bond acceptors (Lipinski definition) is 9. The maximum Gasteiger partial charge on any atom is 0.229 e. The number of fused-ring (bicyclic) bond motifs is 1. The summed E-state index contributed by atoms with van der Waals surface area (Å²) in [6.45, 7) is 0.775. The number of thiazole rings is 1. The number of carbonyl (C=O) groups excluding carboxylic acids is 1. The number of likely N-dealkylation sites (tertiary alicyclic amines) is 1. The second kappa shape index (κ2) is 9.86. The summed E-state index contributed by atoms with van der Waals surface area (Å²) < 4.78 is 27.7. The van der Waals surface area contributed by atoms with Gasteiger partial charge >= 0.3 is 0 Å². The highest BCUT2D eigenvalue weighted by Crippen LogP contribution is 2.42. The first kappa shape index (κ1) is 24.6. The van der Waals surface area contributed by atoms with E-state index in [9.17, 15) is 9.90 Å². The average molecular weight is 528 g/mol. The Labute approximate surface area is 218 Å². The molecule has 0 bridgehead atoms. The lowest BCUT2D eigenvalue weighted by molar-refractivity contribution is -0.117. The summed E-state index contributed by atoms with van der Waals surface area (Å²) in [5.74, 6) is 1.08. The predicted octanol–water partition coefficient (Wildman–Crippen LogP) is 3.56. The SMILES string of the molecule is CN1CC(F)(COc2c(-c3cnc(CO[C@H]4CCC[C@@H]4O)nc3)ccc3nc(NC(=O)C4CC4)sc23)C1. The van der Waals surface area contributed by atoms with Crippen molar-refractivity contribution in [2.45, 2.75) is 56.6 Å². The van der Waals surface area contributed by atoms with Crippen LogP contribution in [0.15, 0.2) is 24.5 Å². The van der Waals surface area contributed by atoms with Crippen LogP contribution in [0, 0.1) is 5.92 Å². The quantitative estimate of drug-likeness (QED) is 0.435. The summed E-state index contributed by atoms with van der Waals surface area (Å²) in [4.78, 5) is 27.7. The summed E-state index contributed by atoms with van der Waals surface area (Å²) in [6.07, 6.45) is 7.16. The van der Waals surface area contributed by atoms with Gasteiger partial charge in [0.1, 0.15) is 19.0 Å². The fourth-order valence-corrected chi connectivity index (χ4v) is 5.98. The van der Waals surface area contributed by atoms with Gasteiger partial charge in [-0.15, -0.1) is 0 Å². The number of aromatic nitrogens is 3. The zero-order chi connectivity index (χ0) is 25.6. The van der Waals surface area contributed by atoms with E-state index in [-0.39, 0.29) is 31.1 Å². The van der Waals surface area contributed by atoms with Crippen molar-refractivity contribution in [1.82, 2.24) is 19.9 Å². The first-order valence-electron chi connectivity index (χ1n) is 12.7. The first-order valence-corrected chi connectivity index (χ1v) is 13.5. The van der Waals surface area contributed by atoms with Crippen molar-refractivity contribution < 1.29 is 23.8 Å². The van der Waals surface area contributed by atoms with Crippen LogP contribution in [0.25, 0.3) is 21.3 Å². The third kappa shape index (κ3) is 5.31. The van der Waals surface area contributed by atoms with Gasteiger partial charge in [0.25, 0.3) is 0 Å². The average Bonchev–Trinajstić information content (AvgIpc) is 3.52. The number of alkyl halides is 1. The van der Waals surface area contributed by atoms with Gasteiger partial charge in [0.15, 0.2) is 16.6 Å². The molecule has 3 aromatic rings. The molecule has 9 nitrogen and oxygen atoms in total. The Hall–Kier alpha value is -2.73. The molecule has 37 heavy (non-hydrogen) atoms. The van der Waals surface area contributed by atoms with E-state index in [0.717, 1.165) is 47.9 Å². The number of aliphatic hydroxyl groups is 1. The Morgan fingerprint density at radius 1 is 1.24 bits per heavy atom. The summed E-state index contributed by atoms with van der Waals surface area (Å²) in [5, 5.41) is 13.4. The van der Waals surface area contributed by atoms with Crippen LogP contribution in [0.4, 0.5) is 9.52 Å². The van der Waals surface area contributed by atoms with Crippen LogP contribution in [-0.2, 0) is 16.1 Å². The minimum Gasteiger partial charge on any atom is -0.488 e. The largest absolute Gasteiger partial charge is 0.488 e. The molecule has 1 saturated heterocycles. The lowest BCUT2D eigenvalue weighted by Gasteiger charge is -2.41. The van der Waals surface area contributed by atoms with Gasteiger partial charge in [-0.05, 0) is 51.3 Å². The van der Waals surface area contributed by atoms with E-state index in [1.165, 1.54) is 11.3 Å². The van der Waals surface area contributed by atoms with E-state index in [0.29, 0.717) is 35.3 Å². The Morgan fingerprint density at radius 3 is 2.70 bits per heavy atom. The normalized spacial score (nSPS) is 23.2. The molecule has 3 heterocycles. The predicted molar refractivity (Wildman–Crippen MR) is 137 cm³/mol. The summed E-state index contributed by atoms with van der Waals surface area (Å²) in [7, 11) is 1.87. The number of halogens is 1. The van der Waals surface area contributed by atoms with Crippen molar-refractivity contribution in [3.63, 3.8) is 0 Å². The first-order chi connectivity index (χ1) is 17.9. The molecule has 2 saturated carbocycles. The maximum absolute atomic E-state index is 15.1. The van der Waals surface area contributed by atoms with Crippen LogP contribution in [0.3, 0.4) is 0 Å². The summed E-state index contributed by atoms with van der Waals surface area (Å²) in [6, 6.07) is 3.73. The zero-order valence-corrected chi connectivity index (χ0v) is 21.5. The number of nitrogens with one attached hydrogen (secondary N) is 1. The molecule has 2 aliphatic carbocycles. The molecule has 196 valence electrons. The molecule has 1 aromatic carbocycles. The Morgan fingerprint density at radius 2 is 2.03 bits per heavy atom. The van der Waals surface area contributed by atoms with Gasteiger partial charge in [-0.25, -0.2) is 19.3 Å². The molecule has 0 unspecified atom stereocenters. The fraction of sp³-hybridized carbons (Fsp3) is 0.538. The number of aliphatic hydroxyl groups excluding tert-OH is 1. The minimum absolute atomic E-state index is 0.0155. The smallest absolute Gasteiger partial charge is 0.229 e. The number of rotatable bonds is 9. The summed E-state index contributed by atoms with van der Waals surface area (Å²) >= 11 is 1.32. The van der Waals surface area contributed by atoms with Gasteiger partial charge in [-0.1, -0.05) is 11.3 Å². The molecule has 3 aliphatic rings. The van der Waals surface area contributed by atoms with E-state index in [1.54, 1.807) is 12.4 Å². The number of amides is 1. The third-order valence-corrected chi connectivity index (χ3v) is 8.12. The minimum atomic E-state index is -1.41. The van der Waals surface area contributed by atoms with E-state index >= 15 is 4.39 Å². The Kier molecular flexibility index (Phi) is 6.56. The third-order valence-electron chi connectivity index (χ3n) is 7.13. The molecule has 0 radical (unpaired) electrons. The molecule has 3 fully saturated rings. The zero-order valence-electron chi connectivity index (χ0n) is 20.7. The van der Waals surface area contributed by atoms with E-state index in [1.807, 2.05) is 24.1 Å². The number of carbonyl (C=O) groups is 1. The molecule has 2 N–H and O–H groups in total. The molecule has 0 spiro atoms. The van der Waals surface area contributed by atoms with Crippen LogP contribution >= 0.6 is 11.3 Å². The molecule has 11 heteroatoms. The Bertz CT molecular complexity index is 1290. The lowest BCUT2D eigenvalue weighted by atomic mass is 9.98. The molecule has 2 atom stereocenters. The van der Waals surface area contributed by atoms with Crippen LogP contribution < -0.4 is 10.1 Å². The van der Waals surface area contributed by atoms with Crippen molar-refractivity contribution in [3.05, 3.63) is 30.4 Å². The van der Waals surface area contributed by atoms with Gasteiger partial charge in [-0.2, -0.15) is 0 Å². The fourth-order valence-electron chi connectivity index (χ4n) is 5.01. The van der Waals surface area contributed by atoms with Gasteiger partial charge in [0.05, 0.1) is 22.4 Å². The van der Waals surface area contributed by atoms with E-state index in [4.69, 9.17) is 9.47 Å². The molecular weight excluding hydrogens is 497 g/mol. The van der Waals surface area contributed by atoms with Crippen LogP contribution in [0.2, 0.25) is 0 Å². The van der Waals surface area contributed by atoms with Crippen molar-refractivity contribution >= 4 is 32.6 Å². The molecular formula is C26H30FN5O4S. The number of nitrogens with zero attached hydrogens (tertiary/aromatic N) is 4. The van der Waals surface area contributed by atoms with Gasteiger partial charge in [0, 0.05) is 42.5 Å². The van der Waals surface area contributed by atoms with E-state index < -0.39 is 11.8 Å². The highest BCUT2D eigenvalue weighted by atomic mass is 32.1. The summed E-state index contributed by atoms with van der Waals surface area (Å²) in [5.41, 5.74) is 0.711. The highest BCUT2D eigenvalue weighted by molar-refractivity contribution is 7.22. The van der Waals surface area contributed by atoms with E-state index in [2.05, 4.69) is 20.3 Å².